The molecule has 1 atom stereocenters. The molecule has 28 heavy (non-hydrogen) atoms. The van der Waals surface area contributed by atoms with Gasteiger partial charge in [0, 0.05) is 25.4 Å². The van der Waals surface area contributed by atoms with E-state index in [-0.39, 0.29) is 13.0 Å². The molecule has 1 aromatic carbocycles. The van der Waals surface area contributed by atoms with Gasteiger partial charge < -0.3 is 15.4 Å². The summed E-state index contributed by atoms with van der Waals surface area (Å²) in [5.74, 6) is 0.360. The van der Waals surface area contributed by atoms with Crippen LogP contribution < -0.4 is 15.5 Å². The van der Waals surface area contributed by atoms with Crippen LogP contribution in [0.3, 0.4) is 0 Å². The molecule has 0 aromatic heterocycles. The second kappa shape index (κ2) is 9.40. The lowest BCUT2D eigenvalue weighted by molar-refractivity contribution is -0.107. The van der Waals surface area contributed by atoms with Crippen LogP contribution in [-0.2, 0) is 4.84 Å². The maximum atomic E-state index is 13.7. The van der Waals surface area contributed by atoms with Crippen LogP contribution in [0.25, 0.3) is 0 Å². The van der Waals surface area contributed by atoms with Crippen molar-refractivity contribution in [3.05, 3.63) is 36.0 Å². The topological polar surface area (TPSA) is 63.3 Å². The normalized spacial score (nSPS) is 19.6. The van der Waals surface area contributed by atoms with E-state index in [0.717, 1.165) is 24.4 Å². The van der Waals surface area contributed by atoms with Crippen molar-refractivity contribution >= 4 is 11.9 Å². The molecule has 0 saturated heterocycles. The molecule has 0 saturated carbocycles. The number of aliphatic imine (C=N–C) groups is 1. The van der Waals surface area contributed by atoms with Crippen LogP contribution in [0.1, 0.15) is 20.3 Å². The first-order valence-electron chi connectivity index (χ1n) is 9.14. The summed E-state index contributed by atoms with van der Waals surface area (Å²) in [4.78, 5) is 11.6. The number of ether oxygens (including phenoxy) is 1. The number of hydroxylamine groups is 1. The fourth-order valence-electron chi connectivity index (χ4n) is 3.05. The second-order valence-electron chi connectivity index (χ2n) is 6.33. The Kier molecular flexibility index (Phi) is 7.45. The van der Waals surface area contributed by atoms with E-state index in [9.17, 15) is 13.2 Å². The number of halogens is 3. The summed E-state index contributed by atoms with van der Waals surface area (Å²) in [5.41, 5.74) is 3.69. The van der Waals surface area contributed by atoms with Gasteiger partial charge in [-0.15, -0.1) is 0 Å². The van der Waals surface area contributed by atoms with Gasteiger partial charge >= 0.3 is 6.18 Å². The van der Waals surface area contributed by atoms with E-state index in [1.54, 1.807) is 24.3 Å². The number of rotatable bonds is 9. The third kappa shape index (κ3) is 4.84. The van der Waals surface area contributed by atoms with Crippen LogP contribution in [0.2, 0.25) is 0 Å². The Hall–Kier alpha value is -2.10. The highest BCUT2D eigenvalue weighted by Gasteiger charge is 2.51. The third-order valence-electron chi connectivity index (χ3n) is 4.67. The number of hydrogen-bond donors (Lipinski definition) is 1. The van der Waals surface area contributed by atoms with Gasteiger partial charge in [0.25, 0.3) is 0 Å². The summed E-state index contributed by atoms with van der Waals surface area (Å²) in [6.45, 7) is 6.35. The van der Waals surface area contributed by atoms with Gasteiger partial charge in [-0.2, -0.15) is 13.2 Å². The molecule has 1 unspecified atom stereocenters. The summed E-state index contributed by atoms with van der Waals surface area (Å²) >= 11 is 0. The Morgan fingerprint density at radius 1 is 1.21 bits per heavy atom. The zero-order valence-electron chi connectivity index (χ0n) is 16.4. The van der Waals surface area contributed by atoms with Crippen LogP contribution in [0.4, 0.5) is 18.9 Å². The van der Waals surface area contributed by atoms with Crippen molar-refractivity contribution in [2.75, 3.05) is 38.4 Å². The van der Waals surface area contributed by atoms with E-state index in [4.69, 9.17) is 15.3 Å². The van der Waals surface area contributed by atoms with Gasteiger partial charge in [-0.25, -0.2) is 5.06 Å². The Balaban J connectivity index is 2.43. The molecule has 2 rings (SSSR count). The van der Waals surface area contributed by atoms with Gasteiger partial charge in [0.2, 0.25) is 0 Å². The van der Waals surface area contributed by atoms with E-state index >= 15 is 0 Å². The van der Waals surface area contributed by atoms with E-state index in [0.29, 0.717) is 18.0 Å². The molecule has 0 bridgehead atoms. The van der Waals surface area contributed by atoms with E-state index in [1.807, 2.05) is 13.8 Å². The van der Waals surface area contributed by atoms with Crippen molar-refractivity contribution in [1.29, 1.82) is 0 Å². The molecule has 1 heterocycles. The fraction of sp³-hybridized carbons (Fsp3) is 0.526. The van der Waals surface area contributed by atoms with Crippen LogP contribution >= 0.6 is 0 Å². The Labute approximate surface area is 163 Å². The maximum absolute atomic E-state index is 13.7. The van der Waals surface area contributed by atoms with Gasteiger partial charge in [0.15, 0.2) is 5.66 Å². The molecular weight excluding hydrogens is 373 g/mol. The molecule has 0 aliphatic carbocycles. The molecule has 0 radical (unpaired) electrons. The zero-order chi connectivity index (χ0) is 20.8. The SMILES string of the molecule is CCN(CC)CCON(c1ccccc1OC)C1(N)CC=NC=C1C(F)(F)F. The summed E-state index contributed by atoms with van der Waals surface area (Å²) in [6, 6.07) is 6.68. The van der Waals surface area contributed by atoms with E-state index in [1.165, 1.54) is 13.3 Å². The number of alkyl halides is 3. The third-order valence-corrected chi connectivity index (χ3v) is 4.67. The summed E-state index contributed by atoms with van der Waals surface area (Å²) in [5, 5.41) is 1.11. The minimum atomic E-state index is -4.66. The molecule has 1 aliphatic heterocycles. The van der Waals surface area contributed by atoms with Crippen molar-refractivity contribution in [2.45, 2.75) is 32.1 Å². The lowest BCUT2D eigenvalue weighted by Crippen LogP contribution is -2.61. The molecule has 0 amide bonds. The molecule has 156 valence electrons. The molecule has 0 spiro atoms. The predicted octanol–water partition coefficient (Wildman–Crippen LogP) is 3.35. The van der Waals surface area contributed by atoms with Gasteiger partial charge in [0.1, 0.15) is 11.4 Å². The van der Waals surface area contributed by atoms with E-state index < -0.39 is 17.4 Å². The fourth-order valence-corrected chi connectivity index (χ4v) is 3.05. The highest BCUT2D eigenvalue weighted by Crippen LogP contribution is 2.42. The van der Waals surface area contributed by atoms with Crippen LogP contribution in [-0.4, -0.2) is 56.3 Å². The minimum Gasteiger partial charge on any atom is -0.494 e. The maximum Gasteiger partial charge on any atom is 0.417 e. The minimum absolute atomic E-state index is 0.165. The number of nitrogens with two attached hydrogens (primary N) is 1. The number of likely N-dealkylation sites (N-methyl/N-ethyl adjacent to an activating group) is 1. The molecule has 2 N–H and O–H groups in total. The van der Waals surface area contributed by atoms with Gasteiger partial charge in [-0.1, -0.05) is 26.0 Å². The van der Waals surface area contributed by atoms with Crippen LogP contribution in [0.15, 0.2) is 41.0 Å². The number of benzene rings is 1. The largest absolute Gasteiger partial charge is 0.494 e. The monoisotopic (exact) mass is 400 g/mol. The van der Waals surface area contributed by atoms with Crippen molar-refractivity contribution in [2.24, 2.45) is 10.7 Å². The molecular formula is C19H27F3N4O2. The van der Waals surface area contributed by atoms with Crippen molar-refractivity contribution in [1.82, 2.24) is 4.90 Å². The number of methoxy groups -OCH3 is 1. The molecule has 9 heteroatoms. The summed E-state index contributed by atoms with van der Waals surface area (Å²) < 4.78 is 46.5. The van der Waals surface area contributed by atoms with Crippen molar-refractivity contribution in [3.63, 3.8) is 0 Å². The van der Waals surface area contributed by atoms with Crippen molar-refractivity contribution < 1.29 is 22.7 Å². The lowest BCUT2D eigenvalue weighted by atomic mass is 9.94. The standard InChI is InChI=1S/C19H27F3N4O2/c1-4-25(5-2)12-13-28-26(15-8-6-7-9-16(15)27-3)18(23)10-11-24-14-17(18)19(20,21)22/h6-9,11,14H,4-5,10,12-13,23H2,1-3H3. The molecule has 1 aromatic rings. The van der Waals surface area contributed by atoms with Gasteiger partial charge in [-0.3, -0.25) is 9.83 Å². The Morgan fingerprint density at radius 3 is 2.50 bits per heavy atom. The van der Waals surface area contributed by atoms with Crippen LogP contribution in [0.5, 0.6) is 5.75 Å². The number of para-hydroxylation sites is 2. The highest BCUT2D eigenvalue weighted by atomic mass is 19.4. The average molecular weight is 400 g/mol. The first-order valence-corrected chi connectivity index (χ1v) is 9.14. The van der Waals surface area contributed by atoms with Crippen LogP contribution in [0, 0.1) is 0 Å². The average Bonchev–Trinajstić information content (AvgIpc) is 2.67. The van der Waals surface area contributed by atoms with Crippen molar-refractivity contribution in [3.8, 4) is 5.75 Å². The summed E-state index contributed by atoms with van der Waals surface area (Å²) in [6.07, 6.45) is -2.72. The molecule has 1 aliphatic rings. The molecule has 0 fully saturated rings. The number of hydrogen-bond acceptors (Lipinski definition) is 6. The second-order valence-corrected chi connectivity index (χ2v) is 6.33. The smallest absolute Gasteiger partial charge is 0.417 e. The van der Waals surface area contributed by atoms with Gasteiger partial charge in [-0.05, 0) is 25.2 Å². The Morgan fingerprint density at radius 2 is 1.89 bits per heavy atom. The number of anilines is 1. The number of nitrogens with zero attached hydrogens (tertiary/aromatic N) is 3. The van der Waals surface area contributed by atoms with Gasteiger partial charge in [0.05, 0.1) is 19.3 Å². The first-order chi connectivity index (χ1) is 13.3. The van der Waals surface area contributed by atoms with E-state index in [2.05, 4.69) is 9.89 Å². The highest BCUT2D eigenvalue weighted by molar-refractivity contribution is 5.68. The Bertz CT molecular complexity index is 705. The quantitative estimate of drug-likeness (QED) is 0.509. The first kappa shape index (κ1) is 22.2. The summed E-state index contributed by atoms with van der Waals surface area (Å²) in [7, 11) is 1.44. The molecule has 6 nitrogen and oxygen atoms in total. The lowest BCUT2D eigenvalue weighted by Gasteiger charge is -2.43. The predicted molar refractivity (Wildman–Crippen MR) is 103 cm³/mol. The zero-order valence-corrected chi connectivity index (χ0v) is 16.4.